The van der Waals surface area contributed by atoms with Gasteiger partial charge in [-0.3, -0.25) is 0 Å². The van der Waals surface area contributed by atoms with Crippen LogP contribution in [-0.2, 0) is 0 Å². The minimum Gasteiger partial charge on any atom is -0.393 e. The highest BCUT2D eigenvalue weighted by atomic mass is 16.3. The highest BCUT2D eigenvalue weighted by Gasteiger charge is 2.14. The third-order valence-corrected chi connectivity index (χ3v) is 2.86. The van der Waals surface area contributed by atoms with Crippen molar-refractivity contribution >= 4 is 0 Å². The van der Waals surface area contributed by atoms with Gasteiger partial charge >= 0.3 is 0 Å². The first-order valence-corrected chi connectivity index (χ1v) is 6.21. The molecule has 4 N–H and O–H groups in total. The Kier molecular flexibility index (Phi) is 8.84. The van der Waals surface area contributed by atoms with Gasteiger partial charge in [-0.25, -0.2) is 0 Å². The summed E-state index contributed by atoms with van der Waals surface area (Å²) in [5, 5.41) is 37.7. The van der Waals surface area contributed by atoms with E-state index in [-0.39, 0.29) is 0 Å². The van der Waals surface area contributed by atoms with Crippen molar-refractivity contribution in [3.63, 3.8) is 0 Å². The van der Waals surface area contributed by atoms with Crippen molar-refractivity contribution in [1.29, 1.82) is 0 Å². The topological polar surface area (TPSA) is 80.9 Å². The summed E-state index contributed by atoms with van der Waals surface area (Å²) in [5.41, 5.74) is 0. The second-order valence-corrected chi connectivity index (χ2v) is 4.48. The van der Waals surface area contributed by atoms with Gasteiger partial charge in [0.05, 0.1) is 24.4 Å². The smallest absolute Gasteiger partial charge is 0.0565 e. The average molecular weight is 234 g/mol. The molecule has 0 aliphatic rings. The molecule has 4 atom stereocenters. The fourth-order valence-corrected chi connectivity index (χ4v) is 1.58. The van der Waals surface area contributed by atoms with Crippen molar-refractivity contribution in [2.75, 3.05) is 0 Å². The molecule has 0 aliphatic carbocycles. The van der Waals surface area contributed by atoms with Gasteiger partial charge < -0.3 is 20.4 Å². The molecule has 0 amide bonds. The van der Waals surface area contributed by atoms with E-state index < -0.39 is 24.4 Å². The summed E-state index contributed by atoms with van der Waals surface area (Å²) >= 11 is 0. The average Bonchev–Trinajstić information content (AvgIpc) is 2.26. The number of hydrogen-bond acceptors (Lipinski definition) is 4. The van der Waals surface area contributed by atoms with Gasteiger partial charge in [0.15, 0.2) is 0 Å². The van der Waals surface area contributed by atoms with Gasteiger partial charge in [0, 0.05) is 0 Å². The Hall–Kier alpha value is -0.160. The zero-order valence-electron chi connectivity index (χ0n) is 10.3. The van der Waals surface area contributed by atoms with E-state index in [1.165, 1.54) is 0 Å². The SMILES string of the molecule is CCC(O)CC(O)CCC(O)CC(O)CC. The molecule has 4 nitrogen and oxygen atoms in total. The molecular weight excluding hydrogens is 208 g/mol. The van der Waals surface area contributed by atoms with Crippen LogP contribution >= 0.6 is 0 Å². The Labute approximate surface area is 97.9 Å². The van der Waals surface area contributed by atoms with Crippen molar-refractivity contribution in [2.24, 2.45) is 0 Å². The lowest BCUT2D eigenvalue weighted by Gasteiger charge is -2.18. The van der Waals surface area contributed by atoms with Crippen molar-refractivity contribution in [3.05, 3.63) is 0 Å². The van der Waals surface area contributed by atoms with Crippen LogP contribution < -0.4 is 0 Å². The van der Waals surface area contributed by atoms with E-state index in [4.69, 9.17) is 0 Å². The van der Waals surface area contributed by atoms with Gasteiger partial charge in [-0.2, -0.15) is 0 Å². The van der Waals surface area contributed by atoms with Crippen LogP contribution in [0.25, 0.3) is 0 Å². The second-order valence-electron chi connectivity index (χ2n) is 4.48. The molecule has 0 aromatic carbocycles. The first-order chi connectivity index (χ1) is 7.49. The summed E-state index contributed by atoms with van der Waals surface area (Å²) in [6.07, 6.45) is 0.860. The molecule has 0 aliphatic heterocycles. The molecule has 0 radical (unpaired) electrons. The first-order valence-electron chi connectivity index (χ1n) is 6.21. The second kappa shape index (κ2) is 8.93. The zero-order valence-corrected chi connectivity index (χ0v) is 10.3. The maximum absolute atomic E-state index is 9.56. The Morgan fingerprint density at radius 2 is 0.938 bits per heavy atom. The molecule has 0 aromatic heterocycles. The van der Waals surface area contributed by atoms with E-state index >= 15 is 0 Å². The molecule has 0 bridgehead atoms. The summed E-state index contributed by atoms with van der Waals surface area (Å²) in [6, 6.07) is 0. The summed E-state index contributed by atoms with van der Waals surface area (Å²) in [4.78, 5) is 0. The quantitative estimate of drug-likeness (QED) is 0.476. The number of rotatable bonds is 9. The Morgan fingerprint density at radius 1 is 0.625 bits per heavy atom. The Bertz CT molecular complexity index is 145. The minimum absolute atomic E-state index is 0.361. The highest BCUT2D eigenvalue weighted by Crippen LogP contribution is 2.12. The van der Waals surface area contributed by atoms with Gasteiger partial charge in [-0.05, 0) is 38.5 Å². The monoisotopic (exact) mass is 234 g/mol. The molecule has 0 fully saturated rings. The van der Waals surface area contributed by atoms with Crippen LogP contribution in [0, 0.1) is 0 Å². The van der Waals surface area contributed by atoms with Crippen LogP contribution in [-0.4, -0.2) is 44.8 Å². The van der Waals surface area contributed by atoms with E-state index in [1.54, 1.807) is 0 Å². The molecule has 0 saturated carbocycles. The third-order valence-electron chi connectivity index (χ3n) is 2.86. The van der Waals surface area contributed by atoms with E-state index in [0.717, 1.165) is 0 Å². The minimum atomic E-state index is -0.566. The number of aliphatic hydroxyl groups is 4. The van der Waals surface area contributed by atoms with Crippen molar-refractivity contribution in [3.8, 4) is 0 Å². The van der Waals surface area contributed by atoms with Gasteiger partial charge in [0.1, 0.15) is 0 Å². The molecule has 4 heteroatoms. The van der Waals surface area contributed by atoms with E-state index in [2.05, 4.69) is 0 Å². The van der Waals surface area contributed by atoms with E-state index in [9.17, 15) is 20.4 Å². The van der Waals surface area contributed by atoms with E-state index in [1.807, 2.05) is 13.8 Å². The van der Waals surface area contributed by atoms with Crippen LogP contribution in [0.3, 0.4) is 0 Å². The van der Waals surface area contributed by atoms with Gasteiger partial charge in [0.2, 0.25) is 0 Å². The maximum Gasteiger partial charge on any atom is 0.0565 e. The number of hydrogen-bond donors (Lipinski definition) is 4. The lowest BCUT2D eigenvalue weighted by Crippen LogP contribution is -2.21. The molecule has 16 heavy (non-hydrogen) atoms. The van der Waals surface area contributed by atoms with Crippen molar-refractivity contribution in [2.45, 2.75) is 76.8 Å². The normalized spacial score (nSPS) is 19.1. The summed E-state index contributed by atoms with van der Waals surface area (Å²) in [5.74, 6) is 0. The van der Waals surface area contributed by atoms with Gasteiger partial charge in [-0.15, -0.1) is 0 Å². The van der Waals surface area contributed by atoms with Crippen LogP contribution in [0.15, 0.2) is 0 Å². The fourth-order valence-electron chi connectivity index (χ4n) is 1.58. The summed E-state index contributed by atoms with van der Waals surface area (Å²) < 4.78 is 0. The molecule has 4 unspecified atom stereocenters. The fraction of sp³-hybridized carbons (Fsp3) is 1.00. The number of aliphatic hydroxyl groups excluding tert-OH is 4. The molecular formula is C12H26O4. The molecule has 98 valence electrons. The Morgan fingerprint density at radius 3 is 1.19 bits per heavy atom. The molecule has 0 saturated heterocycles. The lowest BCUT2D eigenvalue weighted by atomic mass is 10.0. The van der Waals surface area contributed by atoms with Crippen LogP contribution in [0.1, 0.15) is 52.4 Å². The molecule has 0 aromatic rings. The third kappa shape index (κ3) is 8.05. The highest BCUT2D eigenvalue weighted by molar-refractivity contribution is 4.67. The summed E-state index contributed by atoms with van der Waals surface area (Å²) in [7, 11) is 0. The van der Waals surface area contributed by atoms with Crippen molar-refractivity contribution < 1.29 is 20.4 Å². The van der Waals surface area contributed by atoms with Crippen LogP contribution in [0.5, 0.6) is 0 Å². The molecule has 0 heterocycles. The molecule has 0 rings (SSSR count). The van der Waals surface area contributed by atoms with Crippen molar-refractivity contribution in [1.82, 2.24) is 0 Å². The molecule has 0 spiro atoms. The predicted molar refractivity (Wildman–Crippen MR) is 63.1 cm³/mol. The van der Waals surface area contributed by atoms with E-state index in [0.29, 0.717) is 38.5 Å². The standard InChI is InChI=1S/C12H26O4/c1-3-9(13)7-11(15)5-6-12(16)8-10(14)4-2/h9-16H,3-8H2,1-2H3. The summed E-state index contributed by atoms with van der Waals surface area (Å²) in [6.45, 7) is 3.73. The maximum atomic E-state index is 9.56. The van der Waals surface area contributed by atoms with Crippen LogP contribution in [0.4, 0.5) is 0 Å². The first kappa shape index (κ1) is 15.8. The lowest BCUT2D eigenvalue weighted by molar-refractivity contribution is 0.0426. The van der Waals surface area contributed by atoms with Gasteiger partial charge in [0.25, 0.3) is 0 Å². The largest absolute Gasteiger partial charge is 0.393 e. The Balaban J connectivity index is 3.62. The van der Waals surface area contributed by atoms with Crippen LogP contribution in [0.2, 0.25) is 0 Å². The predicted octanol–water partition coefficient (Wildman–Crippen LogP) is 0.810. The zero-order chi connectivity index (χ0) is 12.6. The van der Waals surface area contributed by atoms with Gasteiger partial charge in [-0.1, -0.05) is 13.8 Å².